The molecule has 2 aromatic rings. The van der Waals surface area contributed by atoms with Gasteiger partial charge in [-0.15, -0.1) is 11.6 Å². The van der Waals surface area contributed by atoms with Gasteiger partial charge in [0.15, 0.2) is 0 Å². The topological polar surface area (TPSA) is 0 Å². The lowest BCUT2D eigenvalue weighted by Crippen LogP contribution is -1.98. The predicted molar refractivity (Wildman–Crippen MR) is 72.5 cm³/mol. The van der Waals surface area contributed by atoms with E-state index in [9.17, 15) is 0 Å². The van der Waals surface area contributed by atoms with Crippen molar-refractivity contribution >= 4 is 11.6 Å². The number of hydrogen-bond donors (Lipinski definition) is 0. The molecule has 0 aliphatic heterocycles. The highest BCUT2D eigenvalue weighted by Gasteiger charge is 2.28. The van der Waals surface area contributed by atoms with Crippen molar-refractivity contribution in [1.82, 2.24) is 0 Å². The molecule has 17 heavy (non-hydrogen) atoms. The van der Waals surface area contributed by atoms with Crippen LogP contribution in [0.1, 0.15) is 34.4 Å². The Balaban J connectivity index is 1.87. The highest BCUT2D eigenvalue weighted by molar-refractivity contribution is 6.21. The van der Waals surface area contributed by atoms with Crippen molar-refractivity contribution in [2.24, 2.45) is 0 Å². The number of alkyl halides is 1. The lowest BCUT2D eigenvalue weighted by molar-refractivity contribution is 0.665. The zero-order valence-corrected chi connectivity index (χ0v) is 10.4. The van der Waals surface area contributed by atoms with Gasteiger partial charge in [0.1, 0.15) is 0 Å². The first-order valence-electron chi connectivity index (χ1n) is 6.11. The van der Waals surface area contributed by atoms with E-state index >= 15 is 0 Å². The van der Waals surface area contributed by atoms with Gasteiger partial charge in [-0.25, -0.2) is 0 Å². The standard InChI is InChI=1S/C16H15Cl/c17-16-11-13(10-12-6-2-1-3-7-12)14-8-4-5-9-15(14)16/h1-9,13,16H,10-11H2. The number of halogens is 1. The molecule has 86 valence electrons. The molecular formula is C16H15Cl. The summed E-state index contributed by atoms with van der Waals surface area (Å²) in [4.78, 5) is 0. The molecule has 1 heteroatoms. The maximum absolute atomic E-state index is 6.40. The second-order valence-electron chi connectivity index (χ2n) is 4.72. The summed E-state index contributed by atoms with van der Waals surface area (Å²) in [6, 6.07) is 19.3. The van der Waals surface area contributed by atoms with Gasteiger partial charge in [0.05, 0.1) is 5.38 Å². The number of hydrogen-bond acceptors (Lipinski definition) is 0. The molecule has 2 unspecified atom stereocenters. The van der Waals surface area contributed by atoms with Gasteiger partial charge in [0.2, 0.25) is 0 Å². The van der Waals surface area contributed by atoms with Crippen LogP contribution >= 0.6 is 11.6 Å². The quantitative estimate of drug-likeness (QED) is 0.670. The molecule has 0 spiro atoms. The van der Waals surface area contributed by atoms with Crippen LogP contribution in [0.4, 0.5) is 0 Å². The van der Waals surface area contributed by atoms with Crippen molar-refractivity contribution in [3.8, 4) is 0 Å². The third-order valence-corrected chi connectivity index (χ3v) is 4.00. The molecule has 0 saturated heterocycles. The molecule has 0 radical (unpaired) electrons. The largest absolute Gasteiger partial charge is 0.118 e. The molecule has 1 aliphatic carbocycles. The van der Waals surface area contributed by atoms with E-state index in [1.807, 2.05) is 0 Å². The SMILES string of the molecule is ClC1CC(Cc2ccccc2)c2ccccc21. The average molecular weight is 243 g/mol. The smallest absolute Gasteiger partial charge is 0.0593 e. The third kappa shape index (κ3) is 2.10. The van der Waals surface area contributed by atoms with Crippen LogP contribution in [-0.4, -0.2) is 0 Å². The number of fused-ring (bicyclic) bond motifs is 1. The summed E-state index contributed by atoms with van der Waals surface area (Å²) in [6.45, 7) is 0. The Morgan fingerprint density at radius 2 is 1.53 bits per heavy atom. The van der Waals surface area contributed by atoms with Gasteiger partial charge < -0.3 is 0 Å². The van der Waals surface area contributed by atoms with Crippen molar-refractivity contribution in [1.29, 1.82) is 0 Å². The van der Waals surface area contributed by atoms with Crippen molar-refractivity contribution in [3.05, 3.63) is 71.3 Å². The summed E-state index contributed by atoms with van der Waals surface area (Å²) in [6.07, 6.45) is 2.16. The maximum Gasteiger partial charge on any atom is 0.0593 e. The second-order valence-corrected chi connectivity index (χ2v) is 5.25. The summed E-state index contributed by atoms with van der Waals surface area (Å²) in [7, 11) is 0. The zero-order chi connectivity index (χ0) is 11.7. The van der Waals surface area contributed by atoms with Crippen molar-refractivity contribution < 1.29 is 0 Å². The van der Waals surface area contributed by atoms with E-state index in [-0.39, 0.29) is 5.38 Å². The molecule has 0 nitrogen and oxygen atoms in total. The van der Waals surface area contributed by atoms with Gasteiger partial charge in [0, 0.05) is 0 Å². The monoisotopic (exact) mass is 242 g/mol. The molecule has 0 N–H and O–H groups in total. The van der Waals surface area contributed by atoms with E-state index in [1.54, 1.807) is 0 Å². The van der Waals surface area contributed by atoms with E-state index in [4.69, 9.17) is 11.6 Å². The fourth-order valence-corrected chi connectivity index (χ4v) is 3.18. The van der Waals surface area contributed by atoms with Crippen LogP contribution in [0.25, 0.3) is 0 Å². The molecule has 0 bridgehead atoms. The first kappa shape index (κ1) is 10.9. The Labute approximate surface area is 107 Å². The Hall–Kier alpha value is -1.27. The van der Waals surface area contributed by atoms with Crippen LogP contribution in [-0.2, 0) is 6.42 Å². The van der Waals surface area contributed by atoms with Crippen LogP contribution in [0, 0.1) is 0 Å². The van der Waals surface area contributed by atoms with Gasteiger partial charge >= 0.3 is 0 Å². The summed E-state index contributed by atoms with van der Waals surface area (Å²) in [5, 5.41) is 0.194. The van der Waals surface area contributed by atoms with Gasteiger partial charge in [0.25, 0.3) is 0 Å². The van der Waals surface area contributed by atoms with Gasteiger partial charge in [-0.2, -0.15) is 0 Å². The molecular weight excluding hydrogens is 228 g/mol. The maximum atomic E-state index is 6.40. The highest BCUT2D eigenvalue weighted by atomic mass is 35.5. The molecule has 0 fully saturated rings. The Bertz CT molecular complexity index is 504. The van der Waals surface area contributed by atoms with Crippen molar-refractivity contribution in [3.63, 3.8) is 0 Å². The van der Waals surface area contributed by atoms with Crippen LogP contribution < -0.4 is 0 Å². The van der Waals surface area contributed by atoms with Crippen molar-refractivity contribution in [2.45, 2.75) is 24.1 Å². The molecule has 2 aromatic carbocycles. The molecule has 0 heterocycles. The number of rotatable bonds is 2. The Kier molecular flexibility index (Phi) is 2.90. The van der Waals surface area contributed by atoms with Crippen LogP contribution in [0.2, 0.25) is 0 Å². The fraction of sp³-hybridized carbons (Fsp3) is 0.250. The minimum atomic E-state index is 0.194. The van der Waals surface area contributed by atoms with E-state index in [0.717, 1.165) is 12.8 Å². The van der Waals surface area contributed by atoms with Crippen molar-refractivity contribution in [2.75, 3.05) is 0 Å². The van der Waals surface area contributed by atoms with E-state index in [0.29, 0.717) is 5.92 Å². The normalized spacial score (nSPS) is 22.4. The molecule has 3 rings (SSSR count). The van der Waals surface area contributed by atoms with Crippen LogP contribution in [0.3, 0.4) is 0 Å². The molecule has 0 saturated carbocycles. The minimum absolute atomic E-state index is 0.194. The van der Waals surface area contributed by atoms with Gasteiger partial charge in [-0.1, -0.05) is 54.6 Å². The molecule has 2 atom stereocenters. The second kappa shape index (κ2) is 4.54. The van der Waals surface area contributed by atoms with E-state index in [1.165, 1.54) is 16.7 Å². The first-order chi connectivity index (χ1) is 8.34. The summed E-state index contributed by atoms with van der Waals surface area (Å²) in [5.74, 6) is 0.580. The average Bonchev–Trinajstić information content (AvgIpc) is 2.69. The van der Waals surface area contributed by atoms with Gasteiger partial charge in [-0.3, -0.25) is 0 Å². The highest BCUT2D eigenvalue weighted by Crippen LogP contribution is 2.45. The minimum Gasteiger partial charge on any atom is -0.118 e. The van der Waals surface area contributed by atoms with Gasteiger partial charge in [-0.05, 0) is 35.4 Å². The van der Waals surface area contributed by atoms with E-state index in [2.05, 4.69) is 54.6 Å². The number of benzene rings is 2. The summed E-state index contributed by atoms with van der Waals surface area (Å²) in [5.41, 5.74) is 4.17. The third-order valence-electron chi connectivity index (χ3n) is 3.59. The summed E-state index contributed by atoms with van der Waals surface area (Å²) >= 11 is 6.40. The lowest BCUT2D eigenvalue weighted by Gasteiger charge is -2.11. The lowest BCUT2D eigenvalue weighted by atomic mass is 9.94. The Morgan fingerprint density at radius 1 is 0.882 bits per heavy atom. The predicted octanol–water partition coefficient (Wildman–Crippen LogP) is 4.70. The summed E-state index contributed by atoms with van der Waals surface area (Å²) < 4.78 is 0. The first-order valence-corrected chi connectivity index (χ1v) is 6.55. The Morgan fingerprint density at radius 3 is 2.29 bits per heavy atom. The molecule has 1 aliphatic rings. The van der Waals surface area contributed by atoms with Crippen LogP contribution in [0.5, 0.6) is 0 Å². The zero-order valence-electron chi connectivity index (χ0n) is 9.64. The molecule has 0 aromatic heterocycles. The van der Waals surface area contributed by atoms with Crippen LogP contribution in [0.15, 0.2) is 54.6 Å². The molecule has 0 amide bonds. The van der Waals surface area contributed by atoms with E-state index < -0.39 is 0 Å². The fourth-order valence-electron chi connectivity index (χ4n) is 2.76.